The standard InChI is InChI=1S/C20H21N7O/c21-20-23-11-15-14(4-6-22-18(15)25-20)13-5-9-27-17(10-13)16(12-24-27)19(28)26-7-2-1-3-8-26/h4-5,9-12H,1-3,6-8H2,(H3,21,22,23,25). The van der Waals surface area contributed by atoms with Crippen molar-refractivity contribution in [1.29, 1.82) is 0 Å². The van der Waals surface area contributed by atoms with Crippen molar-refractivity contribution >= 4 is 28.8 Å². The van der Waals surface area contributed by atoms with Gasteiger partial charge in [-0.3, -0.25) is 4.79 Å². The molecule has 8 nitrogen and oxygen atoms in total. The van der Waals surface area contributed by atoms with Gasteiger partial charge in [0.05, 0.1) is 17.3 Å². The average molecular weight is 375 g/mol. The molecule has 1 amide bonds. The zero-order valence-electron chi connectivity index (χ0n) is 15.4. The fourth-order valence-corrected chi connectivity index (χ4v) is 3.94. The van der Waals surface area contributed by atoms with Gasteiger partial charge in [0.1, 0.15) is 5.82 Å². The van der Waals surface area contributed by atoms with E-state index < -0.39 is 0 Å². The molecule has 0 unspecified atom stereocenters. The Hall–Kier alpha value is -3.42. The van der Waals surface area contributed by atoms with Gasteiger partial charge in [0.2, 0.25) is 5.95 Å². The second-order valence-electron chi connectivity index (χ2n) is 7.15. The van der Waals surface area contributed by atoms with Crippen molar-refractivity contribution in [1.82, 2.24) is 24.5 Å². The zero-order chi connectivity index (χ0) is 19.1. The van der Waals surface area contributed by atoms with Crippen molar-refractivity contribution in [2.45, 2.75) is 19.3 Å². The van der Waals surface area contributed by atoms with Gasteiger partial charge < -0.3 is 16.0 Å². The maximum atomic E-state index is 13.0. The molecule has 0 radical (unpaired) electrons. The average Bonchev–Trinajstić information content (AvgIpc) is 3.16. The second kappa shape index (κ2) is 6.63. The highest BCUT2D eigenvalue weighted by Crippen LogP contribution is 2.32. The number of carbonyl (C=O) groups excluding carboxylic acids is 1. The number of nitrogens with two attached hydrogens (primary N) is 1. The number of likely N-dealkylation sites (tertiary alicyclic amines) is 1. The van der Waals surface area contributed by atoms with Crippen LogP contribution in [0.5, 0.6) is 0 Å². The van der Waals surface area contributed by atoms with Crippen LogP contribution >= 0.6 is 0 Å². The third-order valence-electron chi connectivity index (χ3n) is 5.38. The molecular formula is C20H21N7O. The summed E-state index contributed by atoms with van der Waals surface area (Å²) in [6, 6.07) is 4.01. The summed E-state index contributed by atoms with van der Waals surface area (Å²) in [6.45, 7) is 2.29. The van der Waals surface area contributed by atoms with Crippen LogP contribution in [0.3, 0.4) is 0 Å². The fourth-order valence-electron chi connectivity index (χ4n) is 3.94. The van der Waals surface area contributed by atoms with E-state index in [0.29, 0.717) is 12.1 Å². The normalized spacial score (nSPS) is 16.4. The molecule has 0 atom stereocenters. The second-order valence-corrected chi connectivity index (χ2v) is 7.15. The van der Waals surface area contributed by atoms with E-state index in [0.717, 1.165) is 54.0 Å². The van der Waals surface area contributed by atoms with Crippen molar-refractivity contribution in [3.05, 3.63) is 53.5 Å². The highest BCUT2D eigenvalue weighted by Gasteiger charge is 2.23. The molecule has 8 heteroatoms. The maximum Gasteiger partial charge on any atom is 0.257 e. The van der Waals surface area contributed by atoms with Gasteiger partial charge in [-0.15, -0.1) is 0 Å². The first-order valence-electron chi connectivity index (χ1n) is 9.55. The van der Waals surface area contributed by atoms with E-state index in [1.165, 1.54) is 6.42 Å². The van der Waals surface area contributed by atoms with E-state index in [9.17, 15) is 4.79 Å². The van der Waals surface area contributed by atoms with Crippen LogP contribution in [0.4, 0.5) is 11.8 Å². The lowest BCUT2D eigenvalue weighted by atomic mass is 9.97. The van der Waals surface area contributed by atoms with Crippen LogP contribution in [0.2, 0.25) is 0 Å². The Labute approximate surface area is 162 Å². The van der Waals surface area contributed by atoms with E-state index in [-0.39, 0.29) is 11.9 Å². The van der Waals surface area contributed by atoms with Crippen LogP contribution in [-0.2, 0) is 0 Å². The quantitative estimate of drug-likeness (QED) is 0.712. The van der Waals surface area contributed by atoms with Gasteiger partial charge in [0, 0.05) is 37.6 Å². The SMILES string of the molecule is Nc1ncc2c(n1)NCC=C2c1ccn2ncc(C(=O)N3CCCCC3)c2c1. The van der Waals surface area contributed by atoms with Crippen LogP contribution in [0.15, 0.2) is 36.8 Å². The summed E-state index contributed by atoms with van der Waals surface area (Å²) in [6.07, 6.45) is 10.7. The number of carbonyl (C=O) groups is 1. The van der Waals surface area contributed by atoms with Gasteiger partial charge in [-0.1, -0.05) is 6.08 Å². The van der Waals surface area contributed by atoms with Crippen LogP contribution < -0.4 is 11.1 Å². The number of nitrogens with one attached hydrogen (secondary N) is 1. The number of anilines is 2. The predicted octanol–water partition coefficient (Wildman–Crippen LogP) is 2.19. The Kier molecular flexibility index (Phi) is 3.96. The van der Waals surface area contributed by atoms with Crippen LogP contribution in [0.1, 0.15) is 40.7 Å². The molecule has 28 heavy (non-hydrogen) atoms. The van der Waals surface area contributed by atoms with E-state index in [2.05, 4.69) is 26.5 Å². The van der Waals surface area contributed by atoms with Crippen LogP contribution in [0, 0.1) is 0 Å². The molecule has 142 valence electrons. The molecule has 0 saturated carbocycles. The first-order chi connectivity index (χ1) is 13.7. The summed E-state index contributed by atoms with van der Waals surface area (Å²) in [5.41, 5.74) is 10.1. The molecule has 1 saturated heterocycles. The monoisotopic (exact) mass is 375 g/mol. The smallest absolute Gasteiger partial charge is 0.257 e. The third kappa shape index (κ3) is 2.77. The number of hydrogen-bond acceptors (Lipinski definition) is 6. The fraction of sp³-hybridized carbons (Fsp3) is 0.300. The largest absolute Gasteiger partial charge is 0.368 e. The first-order valence-corrected chi connectivity index (χ1v) is 9.55. The van der Waals surface area contributed by atoms with Gasteiger partial charge in [-0.25, -0.2) is 9.50 Å². The molecule has 5 heterocycles. The molecule has 1 fully saturated rings. The summed E-state index contributed by atoms with van der Waals surface area (Å²) >= 11 is 0. The number of fused-ring (bicyclic) bond motifs is 2. The van der Waals surface area contributed by atoms with Crippen LogP contribution in [-0.4, -0.2) is 50.0 Å². The number of aromatic nitrogens is 4. The minimum absolute atomic E-state index is 0.0580. The Bertz CT molecular complexity index is 1100. The molecule has 0 bridgehead atoms. The first kappa shape index (κ1) is 16.7. The van der Waals surface area contributed by atoms with Crippen molar-refractivity contribution in [3.8, 4) is 0 Å². The van der Waals surface area contributed by atoms with E-state index in [1.54, 1.807) is 16.9 Å². The number of rotatable bonds is 2. The number of nitrogens with zero attached hydrogens (tertiary/aromatic N) is 5. The number of piperidine rings is 1. The third-order valence-corrected chi connectivity index (χ3v) is 5.38. The lowest BCUT2D eigenvalue weighted by Crippen LogP contribution is -2.35. The highest BCUT2D eigenvalue weighted by atomic mass is 16.2. The summed E-state index contributed by atoms with van der Waals surface area (Å²) in [5, 5.41) is 7.59. The van der Waals surface area contributed by atoms with E-state index >= 15 is 0 Å². The topological polar surface area (TPSA) is 101 Å². The lowest BCUT2D eigenvalue weighted by molar-refractivity contribution is 0.0726. The molecule has 2 aliphatic heterocycles. The highest BCUT2D eigenvalue weighted by molar-refractivity contribution is 6.01. The molecular weight excluding hydrogens is 354 g/mol. The summed E-state index contributed by atoms with van der Waals surface area (Å²) < 4.78 is 1.75. The number of amides is 1. The van der Waals surface area contributed by atoms with Crippen molar-refractivity contribution in [2.24, 2.45) is 0 Å². The van der Waals surface area contributed by atoms with E-state index in [4.69, 9.17) is 5.73 Å². The summed E-state index contributed by atoms with van der Waals surface area (Å²) in [7, 11) is 0. The summed E-state index contributed by atoms with van der Waals surface area (Å²) in [5.74, 6) is 1.03. The molecule has 5 rings (SSSR count). The van der Waals surface area contributed by atoms with E-state index in [1.807, 2.05) is 23.2 Å². The zero-order valence-corrected chi connectivity index (χ0v) is 15.4. The molecule has 3 N–H and O–H groups in total. The number of nitrogen functional groups attached to an aromatic ring is 1. The Balaban J connectivity index is 1.55. The predicted molar refractivity (Wildman–Crippen MR) is 107 cm³/mol. The number of pyridine rings is 1. The van der Waals surface area contributed by atoms with Gasteiger partial charge in [0.15, 0.2) is 0 Å². The van der Waals surface area contributed by atoms with Crippen molar-refractivity contribution in [2.75, 3.05) is 30.7 Å². The lowest BCUT2D eigenvalue weighted by Gasteiger charge is -2.26. The van der Waals surface area contributed by atoms with Crippen molar-refractivity contribution < 1.29 is 4.79 Å². The maximum absolute atomic E-state index is 13.0. The minimum atomic E-state index is 0.0580. The van der Waals surface area contributed by atoms with Gasteiger partial charge in [-0.05, 0) is 42.5 Å². The molecule has 3 aromatic rings. The van der Waals surface area contributed by atoms with Gasteiger partial charge >= 0.3 is 0 Å². The number of hydrogen-bond donors (Lipinski definition) is 2. The molecule has 3 aromatic heterocycles. The molecule has 0 aliphatic carbocycles. The van der Waals surface area contributed by atoms with Gasteiger partial charge in [0.25, 0.3) is 5.91 Å². The Morgan fingerprint density at radius 2 is 2.04 bits per heavy atom. The van der Waals surface area contributed by atoms with Crippen molar-refractivity contribution in [3.63, 3.8) is 0 Å². The summed E-state index contributed by atoms with van der Waals surface area (Å²) in [4.78, 5) is 23.4. The van der Waals surface area contributed by atoms with Crippen LogP contribution in [0.25, 0.3) is 11.1 Å². The Morgan fingerprint density at radius 1 is 1.18 bits per heavy atom. The molecule has 0 aromatic carbocycles. The van der Waals surface area contributed by atoms with Gasteiger partial charge in [-0.2, -0.15) is 10.1 Å². The molecule has 2 aliphatic rings. The molecule has 0 spiro atoms. The minimum Gasteiger partial charge on any atom is -0.368 e. The Morgan fingerprint density at radius 3 is 2.89 bits per heavy atom.